The number of carbonyl (C=O) groups excluding carboxylic acids is 1. The summed E-state index contributed by atoms with van der Waals surface area (Å²) in [5.41, 5.74) is 1.09. The summed E-state index contributed by atoms with van der Waals surface area (Å²) in [7, 11) is 0. The standard InChI is InChI=1S/C18H23N3OS/c1-2-17(22)20-11-5-8-14(20)15-9-6-12-21(15)18-19-13-7-3-4-10-16(13)23-18/h3-4,7,10,14-15H,2,5-6,8-9,11-12H2,1H3/t14-,15+/m1/s1. The van der Waals surface area contributed by atoms with Gasteiger partial charge in [0, 0.05) is 19.5 Å². The first-order valence-corrected chi connectivity index (χ1v) is 9.51. The first-order chi connectivity index (χ1) is 11.3. The highest BCUT2D eigenvalue weighted by molar-refractivity contribution is 7.22. The van der Waals surface area contributed by atoms with Crippen LogP contribution in [0.2, 0.25) is 0 Å². The molecule has 0 aliphatic carbocycles. The van der Waals surface area contributed by atoms with E-state index in [2.05, 4.69) is 28.0 Å². The number of amides is 1. The van der Waals surface area contributed by atoms with E-state index in [0.29, 0.717) is 24.4 Å². The Bertz CT molecular complexity index is 680. The number of anilines is 1. The van der Waals surface area contributed by atoms with E-state index < -0.39 is 0 Å². The van der Waals surface area contributed by atoms with Crippen LogP contribution >= 0.6 is 11.3 Å². The normalized spacial score (nSPS) is 24.7. The molecule has 3 heterocycles. The van der Waals surface area contributed by atoms with Gasteiger partial charge < -0.3 is 9.80 Å². The Labute approximate surface area is 141 Å². The lowest BCUT2D eigenvalue weighted by Crippen LogP contribution is -2.48. The zero-order valence-electron chi connectivity index (χ0n) is 13.6. The molecular formula is C18H23N3OS. The maximum absolute atomic E-state index is 12.3. The van der Waals surface area contributed by atoms with Crippen molar-refractivity contribution in [3.8, 4) is 0 Å². The topological polar surface area (TPSA) is 36.4 Å². The van der Waals surface area contributed by atoms with E-state index in [9.17, 15) is 4.79 Å². The SMILES string of the molecule is CCC(=O)N1CCC[C@@H]1[C@@H]1CCCN1c1nc2ccccc2s1. The van der Waals surface area contributed by atoms with Gasteiger partial charge in [0.15, 0.2) is 5.13 Å². The fourth-order valence-electron chi connectivity index (χ4n) is 4.12. The van der Waals surface area contributed by atoms with Gasteiger partial charge in [0.05, 0.1) is 22.3 Å². The zero-order chi connectivity index (χ0) is 15.8. The third-order valence-electron chi connectivity index (χ3n) is 5.19. The average molecular weight is 329 g/mol. The van der Waals surface area contributed by atoms with Gasteiger partial charge in [0.1, 0.15) is 0 Å². The molecule has 0 saturated carbocycles. The number of benzene rings is 1. The molecule has 0 radical (unpaired) electrons. The number of fused-ring (bicyclic) bond motifs is 1. The number of thiazole rings is 1. The monoisotopic (exact) mass is 329 g/mol. The first-order valence-electron chi connectivity index (χ1n) is 8.69. The summed E-state index contributed by atoms with van der Waals surface area (Å²) < 4.78 is 1.25. The van der Waals surface area contributed by atoms with Crippen molar-refractivity contribution in [1.82, 2.24) is 9.88 Å². The molecule has 0 N–H and O–H groups in total. The van der Waals surface area contributed by atoms with Gasteiger partial charge in [0.2, 0.25) is 5.91 Å². The van der Waals surface area contributed by atoms with Crippen LogP contribution in [0.25, 0.3) is 10.2 Å². The second-order valence-electron chi connectivity index (χ2n) is 6.52. The van der Waals surface area contributed by atoms with Crippen LogP contribution in [0.15, 0.2) is 24.3 Å². The van der Waals surface area contributed by atoms with Gasteiger partial charge in [-0.05, 0) is 37.8 Å². The summed E-state index contributed by atoms with van der Waals surface area (Å²) in [6.07, 6.45) is 5.27. The molecule has 1 aromatic heterocycles. The molecule has 2 aromatic rings. The fraction of sp³-hybridized carbons (Fsp3) is 0.556. The Morgan fingerprint density at radius 3 is 2.83 bits per heavy atom. The molecule has 4 rings (SSSR count). The molecule has 23 heavy (non-hydrogen) atoms. The Morgan fingerprint density at radius 2 is 2.00 bits per heavy atom. The lowest BCUT2D eigenvalue weighted by Gasteiger charge is -2.34. The van der Waals surface area contributed by atoms with E-state index in [4.69, 9.17) is 4.98 Å². The van der Waals surface area contributed by atoms with Crippen molar-refractivity contribution in [3.63, 3.8) is 0 Å². The number of aromatic nitrogens is 1. The van der Waals surface area contributed by atoms with E-state index in [-0.39, 0.29) is 0 Å². The predicted octanol–water partition coefficient (Wildman–Crippen LogP) is 3.67. The minimum Gasteiger partial charge on any atom is -0.343 e. The summed E-state index contributed by atoms with van der Waals surface area (Å²) in [6.45, 7) is 3.97. The average Bonchev–Trinajstić information content (AvgIpc) is 3.29. The molecule has 0 unspecified atom stereocenters. The molecule has 2 atom stereocenters. The van der Waals surface area contributed by atoms with Crippen molar-refractivity contribution in [2.24, 2.45) is 0 Å². The van der Waals surface area contributed by atoms with E-state index in [0.717, 1.165) is 36.6 Å². The Kier molecular flexibility index (Phi) is 3.97. The Morgan fingerprint density at radius 1 is 1.22 bits per heavy atom. The minimum atomic E-state index is 0.309. The van der Waals surface area contributed by atoms with Crippen LogP contribution in [0.4, 0.5) is 5.13 Å². The lowest BCUT2D eigenvalue weighted by molar-refractivity contribution is -0.131. The molecule has 0 spiro atoms. The van der Waals surface area contributed by atoms with Crippen LogP contribution in [0.5, 0.6) is 0 Å². The number of rotatable bonds is 3. The molecule has 122 valence electrons. The Balaban J connectivity index is 1.62. The van der Waals surface area contributed by atoms with Crippen LogP contribution in [-0.4, -0.2) is 41.0 Å². The molecule has 2 saturated heterocycles. The number of likely N-dealkylation sites (tertiary alicyclic amines) is 1. The smallest absolute Gasteiger partial charge is 0.222 e. The molecule has 2 fully saturated rings. The predicted molar refractivity (Wildman–Crippen MR) is 95.0 cm³/mol. The highest BCUT2D eigenvalue weighted by Gasteiger charge is 2.40. The van der Waals surface area contributed by atoms with E-state index >= 15 is 0 Å². The number of para-hydroxylation sites is 1. The van der Waals surface area contributed by atoms with Crippen LogP contribution in [0.1, 0.15) is 39.0 Å². The van der Waals surface area contributed by atoms with Gasteiger partial charge in [-0.2, -0.15) is 0 Å². The summed E-state index contributed by atoms with van der Waals surface area (Å²) in [4.78, 5) is 21.7. The number of hydrogen-bond donors (Lipinski definition) is 0. The molecule has 5 heteroatoms. The Hall–Kier alpha value is -1.62. The van der Waals surface area contributed by atoms with Gasteiger partial charge in [-0.3, -0.25) is 4.79 Å². The van der Waals surface area contributed by atoms with Crippen LogP contribution < -0.4 is 4.90 Å². The largest absolute Gasteiger partial charge is 0.343 e. The molecule has 2 aliphatic rings. The summed E-state index contributed by atoms with van der Waals surface area (Å²) in [5, 5.41) is 1.13. The van der Waals surface area contributed by atoms with Crippen molar-refractivity contribution in [3.05, 3.63) is 24.3 Å². The maximum Gasteiger partial charge on any atom is 0.222 e. The third kappa shape index (κ3) is 2.61. The maximum atomic E-state index is 12.3. The minimum absolute atomic E-state index is 0.309. The van der Waals surface area contributed by atoms with Gasteiger partial charge in [-0.1, -0.05) is 30.4 Å². The van der Waals surface area contributed by atoms with Gasteiger partial charge in [-0.15, -0.1) is 0 Å². The number of hydrogen-bond acceptors (Lipinski definition) is 4. The zero-order valence-corrected chi connectivity index (χ0v) is 14.4. The van der Waals surface area contributed by atoms with Crippen LogP contribution in [-0.2, 0) is 4.79 Å². The van der Waals surface area contributed by atoms with Crippen LogP contribution in [0, 0.1) is 0 Å². The summed E-state index contributed by atoms with van der Waals surface area (Å²) in [5.74, 6) is 0.309. The second kappa shape index (κ2) is 6.11. The van der Waals surface area contributed by atoms with Crippen molar-refractivity contribution in [2.75, 3.05) is 18.0 Å². The highest BCUT2D eigenvalue weighted by Crippen LogP contribution is 2.37. The molecule has 2 aliphatic heterocycles. The van der Waals surface area contributed by atoms with Gasteiger partial charge >= 0.3 is 0 Å². The lowest BCUT2D eigenvalue weighted by atomic mass is 10.0. The molecule has 1 aromatic carbocycles. The van der Waals surface area contributed by atoms with Crippen molar-refractivity contribution < 1.29 is 4.79 Å². The van der Waals surface area contributed by atoms with E-state index in [1.54, 1.807) is 11.3 Å². The van der Waals surface area contributed by atoms with Crippen molar-refractivity contribution >= 4 is 32.6 Å². The molecular weight excluding hydrogens is 306 g/mol. The fourth-order valence-corrected chi connectivity index (χ4v) is 5.17. The molecule has 1 amide bonds. The summed E-state index contributed by atoms with van der Waals surface area (Å²) >= 11 is 1.78. The van der Waals surface area contributed by atoms with Crippen molar-refractivity contribution in [1.29, 1.82) is 0 Å². The second-order valence-corrected chi connectivity index (χ2v) is 7.53. The molecule has 0 bridgehead atoms. The van der Waals surface area contributed by atoms with Gasteiger partial charge in [-0.25, -0.2) is 4.98 Å². The van der Waals surface area contributed by atoms with Crippen LogP contribution in [0.3, 0.4) is 0 Å². The number of nitrogens with zero attached hydrogens (tertiary/aromatic N) is 3. The van der Waals surface area contributed by atoms with Crippen molar-refractivity contribution in [2.45, 2.75) is 51.1 Å². The first kappa shape index (κ1) is 14.9. The molecule has 4 nitrogen and oxygen atoms in total. The van der Waals surface area contributed by atoms with E-state index in [1.807, 2.05) is 13.0 Å². The van der Waals surface area contributed by atoms with E-state index in [1.165, 1.54) is 17.5 Å². The van der Waals surface area contributed by atoms with Gasteiger partial charge in [0.25, 0.3) is 0 Å². The third-order valence-corrected chi connectivity index (χ3v) is 6.27. The number of carbonyl (C=O) groups is 1. The highest BCUT2D eigenvalue weighted by atomic mass is 32.1. The summed E-state index contributed by atoms with van der Waals surface area (Å²) in [6, 6.07) is 9.16. The quantitative estimate of drug-likeness (QED) is 0.862.